The second-order valence-corrected chi connectivity index (χ2v) is 9.70. The minimum Gasteiger partial charge on any atom is -0.431 e. The number of nitro benzene ring substituents is 1. The summed E-state index contributed by atoms with van der Waals surface area (Å²) in [4.78, 5) is 34.1. The highest BCUT2D eigenvalue weighted by molar-refractivity contribution is 5.64. The van der Waals surface area contributed by atoms with Crippen molar-refractivity contribution >= 4 is 23.5 Å². The molecule has 1 aliphatic rings. The first-order valence-electron chi connectivity index (χ1n) is 11.5. The predicted octanol–water partition coefficient (Wildman–Crippen LogP) is 4.24. The molecule has 0 unspecified atom stereocenters. The van der Waals surface area contributed by atoms with Crippen LogP contribution in [0.2, 0.25) is 0 Å². The number of nitro groups is 1. The topological polar surface area (TPSA) is 143 Å². The van der Waals surface area contributed by atoms with Gasteiger partial charge in [0.05, 0.1) is 16.2 Å². The highest BCUT2D eigenvalue weighted by Gasteiger charge is 2.32. The minimum atomic E-state index is -0.849. The second-order valence-electron chi connectivity index (χ2n) is 9.70. The third-order valence-corrected chi connectivity index (χ3v) is 5.89. The lowest BCUT2D eigenvalue weighted by atomic mass is 10.0. The van der Waals surface area contributed by atoms with E-state index in [9.17, 15) is 19.7 Å². The molecule has 0 amide bonds. The Morgan fingerprint density at radius 1 is 1.14 bits per heavy atom. The Kier molecular flexibility index (Phi) is 6.77. The standard InChI is InChI=1S/C24H28N6O6/c1-24(2,3)29-21(25-20-11-12-22(31)28(4)27-20)14-19(26-29)15-5-8-18(13-15)36-23(32)35-17-9-6-16(7-10-17)30(33)34/h6-7,9-12,14-15,18H,5,8,13H2,1-4H3,(H,25,27)/t15-,18+/m0/s1. The molecule has 190 valence electrons. The van der Waals surface area contributed by atoms with Crippen molar-refractivity contribution in [2.75, 3.05) is 5.32 Å². The molecule has 36 heavy (non-hydrogen) atoms. The predicted molar refractivity (Wildman–Crippen MR) is 131 cm³/mol. The van der Waals surface area contributed by atoms with E-state index in [0.29, 0.717) is 18.7 Å². The summed E-state index contributed by atoms with van der Waals surface area (Å²) in [6.07, 6.45) is 0.857. The summed E-state index contributed by atoms with van der Waals surface area (Å²) in [6, 6.07) is 10.3. The fourth-order valence-corrected chi connectivity index (χ4v) is 4.11. The molecular formula is C24H28N6O6. The average molecular weight is 497 g/mol. The van der Waals surface area contributed by atoms with Crippen molar-refractivity contribution in [2.45, 2.75) is 57.6 Å². The molecular weight excluding hydrogens is 468 g/mol. The molecule has 1 aliphatic carbocycles. The fourth-order valence-electron chi connectivity index (χ4n) is 4.11. The van der Waals surface area contributed by atoms with Gasteiger partial charge in [0.1, 0.15) is 17.7 Å². The van der Waals surface area contributed by atoms with Crippen molar-refractivity contribution in [2.24, 2.45) is 7.05 Å². The Morgan fingerprint density at radius 2 is 1.86 bits per heavy atom. The highest BCUT2D eigenvalue weighted by Crippen LogP contribution is 2.38. The van der Waals surface area contributed by atoms with Gasteiger partial charge >= 0.3 is 6.16 Å². The number of aryl methyl sites for hydroxylation is 1. The first-order valence-corrected chi connectivity index (χ1v) is 11.5. The van der Waals surface area contributed by atoms with Gasteiger partial charge in [0.15, 0.2) is 5.82 Å². The summed E-state index contributed by atoms with van der Waals surface area (Å²) in [5.41, 5.74) is 0.261. The molecule has 3 aromatic rings. The Labute approximate surface area is 207 Å². The molecule has 1 saturated carbocycles. The van der Waals surface area contributed by atoms with Crippen LogP contribution in [-0.2, 0) is 17.3 Å². The number of ether oxygens (including phenoxy) is 2. The molecule has 4 rings (SSSR count). The number of rotatable bonds is 6. The maximum Gasteiger partial charge on any atom is 0.514 e. The van der Waals surface area contributed by atoms with Crippen LogP contribution in [0.25, 0.3) is 0 Å². The number of carbonyl (C=O) groups is 1. The lowest BCUT2D eigenvalue weighted by molar-refractivity contribution is -0.384. The van der Waals surface area contributed by atoms with Gasteiger partial charge in [0.2, 0.25) is 0 Å². The Morgan fingerprint density at radius 3 is 2.50 bits per heavy atom. The van der Waals surface area contributed by atoms with Crippen LogP contribution < -0.4 is 15.6 Å². The molecule has 2 aromatic heterocycles. The second kappa shape index (κ2) is 9.80. The van der Waals surface area contributed by atoms with E-state index in [1.807, 2.05) is 31.5 Å². The summed E-state index contributed by atoms with van der Waals surface area (Å²) in [6.45, 7) is 6.12. The van der Waals surface area contributed by atoms with E-state index in [2.05, 4.69) is 10.4 Å². The van der Waals surface area contributed by atoms with Crippen molar-refractivity contribution < 1.29 is 19.2 Å². The van der Waals surface area contributed by atoms with Crippen LogP contribution >= 0.6 is 0 Å². The van der Waals surface area contributed by atoms with Gasteiger partial charge in [-0.25, -0.2) is 14.2 Å². The summed E-state index contributed by atoms with van der Waals surface area (Å²) in [7, 11) is 1.59. The van der Waals surface area contributed by atoms with E-state index in [1.165, 1.54) is 35.0 Å². The number of anilines is 2. The van der Waals surface area contributed by atoms with Gasteiger partial charge in [-0.1, -0.05) is 0 Å². The Bertz CT molecular complexity index is 1320. The summed E-state index contributed by atoms with van der Waals surface area (Å²) < 4.78 is 13.8. The van der Waals surface area contributed by atoms with Gasteiger partial charge in [-0.15, -0.1) is 0 Å². The monoisotopic (exact) mass is 496 g/mol. The minimum absolute atomic E-state index is 0.0828. The van der Waals surface area contributed by atoms with Gasteiger partial charge in [0, 0.05) is 37.2 Å². The van der Waals surface area contributed by atoms with Gasteiger partial charge in [-0.3, -0.25) is 14.9 Å². The zero-order valence-corrected chi connectivity index (χ0v) is 20.5. The number of hydrogen-bond donors (Lipinski definition) is 1. The van der Waals surface area contributed by atoms with Crippen LogP contribution in [-0.4, -0.2) is 36.7 Å². The van der Waals surface area contributed by atoms with Crippen molar-refractivity contribution in [1.29, 1.82) is 0 Å². The molecule has 12 nitrogen and oxygen atoms in total. The summed E-state index contributed by atoms with van der Waals surface area (Å²) in [5, 5.41) is 23.1. The molecule has 1 aromatic carbocycles. The maximum atomic E-state index is 12.2. The smallest absolute Gasteiger partial charge is 0.431 e. The van der Waals surface area contributed by atoms with E-state index in [4.69, 9.17) is 14.6 Å². The number of carbonyl (C=O) groups excluding carboxylic acids is 1. The van der Waals surface area contributed by atoms with Crippen molar-refractivity contribution in [3.8, 4) is 5.75 Å². The van der Waals surface area contributed by atoms with Crippen molar-refractivity contribution in [3.05, 3.63) is 68.6 Å². The Hall–Kier alpha value is -4.22. The first kappa shape index (κ1) is 24.9. The first-order chi connectivity index (χ1) is 17.0. The van der Waals surface area contributed by atoms with E-state index < -0.39 is 11.1 Å². The summed E-state index contributed by atoms with van der Waals surface area (Å²) >= 11 is 0. The molecule has 0 aliphatic heterocycles. The maximum absolute atomic E-state index is 12.2. The van der Waals surface area contributed by atoms with E-state index in [-0.39, 0.29) is 34.6 Å². The van der Waals surface area contributed by atoms with Gasteiger partial charge in [-0.2, -0.15) is 10.2 Å². The molecule has 0 spiro atoms. The Balaban J connectivity index is 1.42. The number of nitrogens with zero attached hydrogens (tertiary/aromatic N) is 5. The molecule has 0 bridgehead atoms. The quantitative estimate of drug-likeness (QED) is 0.229. The third-order valence-electron chi connectivity index (χ3n) is 5.89. The largest absolute Gasteiger partial charge is 0.514 e. The van der Waals surface area contributed by atoms with E-state index >= 15 is 0 Å². The summed E-state index contributed by atoms with van der Waals surface area (Å²) in [5.74, 6) is 1.52. The van der Waals surface area contributed by atoms with E-state index in [1.54, 1.807) is 13.1 Å². The van der Waals surface area contributed by atoms with Crippen molar-refractivity contribution in [3.63, 3.8) is 0 Å². The van der Waals surface area contributed by atoms with Crippen LogP contribution in [0, 0.1) is 10.1 Å². The molecule has 2 atom stereocenters. The molecule has 0 saturated heterocycles. The van der Waals surface area contributed by atoms with Gasteiger partial charge < -0.3 is 14.8 Å². The van der Waals surface area contributed by atoms with Crippen LogP contribution in [0.5, 0.6) is 5.75 Å². The van der Waals surface area contributed by atoms with Gasteiger partial charge in [-0.05, 0) is 58.2 Å². The highest BCUT2D eigenvalue weighted by atomic mass is 16.7. The van der Waals surface area contributed by atoms with Crippen LogP contribution in [0.3, 0.4) is 0 Å². The lowest BCUT2D eigenvalue weighted by Crippen LogP contribution is -2.25. The zero-order chi connectivity index (χ0) is 26.0. The van der Waals surface area contributed by atoms with Gasteiger partial charge in [0.25, 0.3) is 11.2 Å². The average Bonchev–Trinajstić information content (AvgIpc) is 3.43. The molecule has 12 heteroatoms. The number of non-ortho nitro benzene ring substituents is 1. The molecule has 0 radical (unpaired) electrons. The fraction of sp³-hybridized carbons (Fsp3) is 0.417. The van der Waals surface area contributed by atoms with Crippen LogP contribution in [0.4, 0.5) is 22.1 Å². The number of nitrogens with one attached hydrogen (secondary N) is 1. The van der Waals surface area contributed by atoms with E-state index in [0.717, 1.165) is 17.9 Å². The molecule has 1 N–H and O–H groups in total. The zero-order valence-electron chi connectivity index (χ0n) is 20.5. The number of benzene rings is 1. The normalized spacial score (nSPS) is 17.6. The lowest BCUT2D eigenvalue weighted by Gasteiger charge is -2.22. The SMILES string of the molecule is Cn1nc(Nc2cc([C@H]3CC[C@@H](OC(=O)Oc4ccc([N+](=O)[O-])cc4)C3)nn2C(C)(C)C)ccc1=O. The molecule has 1 fully saturated rings. The number of hydrogen-bond acceptors (Lipinski definition) is 9. The van der Waals surface area contributed by atoms with Crippen LogP contribution in [0.15, 0.2) is 47.3 Å². The molecule has 2 heterocycles. The number of aromatic nitrogens is 4. The third kappa shape index (κ3) is 5.70. The van der Waals surface area contributed by atoms with Crippen molar-refractivity contribution in [1.82, 2.24) is 19.6 Å². The van der Waals surface area contributed by atoms with Crippen LogP contribution in [0.1, 0.15) is 51.6 Å².